The number of aryl methyl sites for hydroxylation is 1. The number of aromatic nitrogens is 1. The van der Waals surface area contributed by atoms with E-state index in [0.29, 0.717) is 29.7 Å². The maximum Gasteiger partial charge on any atom is 0.295 e. The van der Waals surface area contributed by atoms with E-state index < -0.39 is 0 Å². The number of fused-ring (bicyclic) bond motifs is 1. The minimum absolute atomic E-state index is 0.0470. The van der Waals surface area contributed by atoms with Crippen LogP contribution in [0.2, 0.25) is 5.02 Å². The fourth-order valence-corrected chi connectivity index (χ4v) is 4.26. The molecule has 6 heteroatoms. The number of likely N-dealkylation sites (tertiary alicyclic amines) is 1. The Labute approximate surface area is 185 Å². The molecular weight excluding hydrogens is 410 g/mol. The quantitative estimate of drug-likeness (QED) is 0.444. The van der Waals surface area contributed by atoms with E-state index in [4.69, 9.17) is 16.0 Å². The lowest BCUT2D eigenvalue weighted by Gasteiger charge is -2.19. The van der Waals surface area contributed by atoms with Crippen LogP contribution >= 0.6 is 11.6 Å². The van der Waals surface area contributed by atoms with Gasteiger partial charge < -0.3 is 14.6 Å². The number of benzene rings is 3. The Hall–Kier alpha value is -3.31. The average molecular weight is 432 g/mol. The number of rotatable bonds is 4. The Morgan fingerprint density at radius 1 is 1.13 bits per heavy atom. The molecule has 3 aromatic carbocycles. The molecule has 1 amide bonds. The summed E-state index contributed by atoms with van der Waals surface area (Å²) >= 11 is 6.02. The van der Waals surface area contributed by atoms with Crippen molar-refractivity contribution in [1.82, 2.24) is 9.88 Å². The molecule has 0 spiro atoms. The van der Waals surface area contributed by atoms with Gasteiger partial charge in [-0.25, -0.2) is 0 Å². The van der Waals surface area contributed by atoms with Gasteiger partial charge in [0.25, 0.3) is 11.9 Å². The van der Waals surface area contributed by atoms with Crippen molar-refractivity contribution in [2.75, 3.05) is 18.4 Å². The largest absolute Gasteiger partial charge is 0.423 e. The Morgan fingerprint density at radius 2 is 2.00 bits per heavy atom. The van der Waals surface area contributed by atoms with Crippen LogP contribution in [0.3, 0.4) is 0 Å². The molecule has 4 aromatic rings. The lowest BCUT2D eigenvalue weighted by atomic mass is 9.97. The summed E-state index contributed by atoms with van der Waals surface area (Å²) in [5, 5.41) is 3.94. The third-order valence-electron chi connectivity index (χ3n) is 5.64. The van der Waals surface area contributed by atoms with Gasteiger partial charge in [-0.05, 0) is 42.7 Å². The van der Waals surface area contributed by atoms with Crippen molar-refractivity contribution in [1.29, 1.82) is 0 Å². The van der Waals surface area contributed by atoms with Crippen molar-refractivity contribution in [2.45, 2.75) is 19.4 Å². The molecule has 1 atom stereocenters. The molecule has 5 nitrogen and oxygen atoms in total. The molecule has 0 bridgehead atoms. The highest BCUT2D eigenvalue weighted by atomic mass is 35.5. The van der Waals surface area contributed by atoms with Crippen molar-refractivity contribution in [2.24, 2.45) is 0 Å². The van der Waals surface area contributed by atoms with Gasteiger partial charge in [0.15, 0.2) is 5.58 Å². The summed E-state index contributed by atoms with van der Waals surface area (Å²) in [6.45, 7) is 3.34. The summed E-state index contributed by atoms with van der Waals surface area (Å²) in [5.41, 5.74) is 5.32. The molecular formula is C25H22ClN3O2. The van der Waals surface area contributed by atoms with Crippen molar-refractivity contribution in [3.05, 3.63) is 82.9 Å². The third kappa shape index (κ3) is 4.01. The molecule has 0 saturated carbocycles. The number of anilines is 1. The molecule has 1 unspecified atom stereocenters. The van der Waals surface area contributed by atoms with Crippen LogP contribution in [0.15, 0.2) is 71.1 Å². The van der Waals surface area contributed by atoms with E-state index in [1.165, 1.54) is 5.56 Å². The highest BCUT2D eigenvalue weighted by Crippen LogP contribution is 2.28. The van der Waals surface area contributed by atoms with Gasteiger partial charge in [-0.3, -0.25) is 4.79 Å². The number of halogens is 1. The van der Waals surface area contributed by atoms with Gasteiger partial charge in [-0.1, -0.05) is 59.6 Å². The standard InChI is InChI=1S/C25H22ClN3O2/c1-16-5-4-6-17(13-16)20-7-2-3-8-21(20)24(30)29-12-11-19(15-29)27-25-28-22-10-9-18(26)14-23(22)31-25/h2-10,13-14,19H,11-12,15H2,1H3,(H,27,28). The summed E-state index contributed by atoms with van der Waals surface area (Å²) in [6.07, 6.45) is 0.831. The first-order valence-electron chi connectivity index (χ1n) is 10.3. The lowest BCUT2D eigenvalue weighted by molar-refractivity contribution is 0.0792. The monoisotopic (exact) mass is 431 g/mol. The van der Waals surface area contributed by atoms with Gasteiger partial charge in [-0.15, -0.1) is 0 Å². The Balaban J connectivity index is 1.32. The second kappa shape index (κ2) is 8.08. The molecule has 1 aromatic heterocycles. The molecule has 2 heterocycles. The molecule has 1 aliphatic rings. The number of nitrogens with zero attached hydrogens (tertiary/aromatic N) is 2. The van der Waals surface area contributed by atoms with Crippen LogP contribution in [-0.4, -0.2) is 34.9 Å². The highest BCUT2D eigenvalue weighted by Gasteiger charge is 2.29. The number of amides is 1. The van der Waals surface area contributed by atoms with Crippen LogP contribution in [0.5, 0.6) is 0 Å². The molecule has 1 fully saturated rings. The van der Waals surface area contributed by atoms with E-state index in [2.05, 4.69) is 29.4 Å². The minimum Gasteiger partial charge on any atom is -0.423 e. The van der Waals surface area contributed by atoms with Gasteiger partial charge in [0.2, 0.25) is 0 Å². The summed E-state index contributed by atoms with van der Waals surface area (Å²) in [7, 11) is 0. The van der Waals surface area contributed by atoms with Crippen molar-refractivity contribution in [3.63, 3.8) is 0 Å². The number of carbonyl (C=O) groups is 1. The summed E-state index contributed by atoms with van der Waals surface area (Å²) < 4.78 is 5.77. The predicted octanol–water partition coefficient (Wildman–Crippen LogP) is 5.78. The second-order valence-corrected chi connectivity index (χ2v) is 8.36. The van der Waals surface area contributed by atoms with E-state index in [1.54, 1.807) is 12.1 Å². The molecule has 5 rings (SSSR count). The summed E-state index contributed by atoms with van der Waals surface area (Å²) in [5.74, 6) is 0.0470. The minimum atomic E-state index is 0.0470. The van der Waals surface area contributed by atoms with Crippen LogP contribution in [0.4, 0.5) is 6.01 Å². The van der Waals surface area contributed by atoms with E-state index >= 15 is 0 Å². The van der Waals surface area contributed by atoms with E-state index in [-0.39, 0.29) is 11.9 Å². The fourth-order valence-electron chi connectivity index (χ4n) is 4.10. The molecule has 1 aliphatic heterocycles. The van der Waals surface area contributed by atoms with Crippen molar-refractivity contribution in [3.8, 4) is 11.1 Å². The van der Waals surface area contributed by atoms with Gasteiger partial charge in [-0.2, -0.15) is 4.98 Å². The van der Waals surface area contributed by atoms with Crippen LogP contribution in [0.1, 0.15) is 22.3 Å². The smallest absolute Gasteiger partial charge is 0.295 e. The highest BCUT2D eigenvalue weighted by molar-refractivity contribution is 6.31. The number of hydrogen-bond donors (Lipinski definition) is 1. The van der Waals surface area contributed by atoms with Gasteiger partial charge in [0.1, 0.15) is 5.52 Å². The van der Waals surface area contributed by atoms with Crippen LogP contribution < -0.4 is 5.32 Å². The van der Waals surface area contributed by atoms with Crippen molar-refractivity contribution >= 4 is 34.6 Å². The summed E-state index contributed by atoms with van der Waals surface area (Å²) in [6, 6.07) is 22.0. The average Bonchev–Trinajstić information content (AvgIpc) is 3.39. The van der Waals surface area contributed by atoms with Gasteiger partial charge >= 0.3 is 0 Å². The number of nitrogens with one attached hydrogen (secondary N) is 1. The van der Waals surface area contributed by atoms with Crippen LogP contribution in [0.25, 0.3) is 22.2 Å². The molecule has 0 radical (unpaired) electrons. The molecule has 156 valence electrons. The Kier molecular flexibility index (Phi) is 5.12. The zero-order chi connectivity index (χ0) is 21.4. The maximum atomic E-state index is 13.3. The first kappa shape index (κ1) is 19.6. The molecule has 1 N–H and O–H groups in total. The number of hydrogen-bond acceptors (Lipinski definition) is 4. The second-order valence-electron chi connectivity index (χ2n) is 7.93. The van der Waals surface area contributed by atoms with E-state index in [0.717, 1.165) is 28.6 Å². The molecule has 1 saturated heterocycles. The van der Waals surface area contributed by atoms with Gasteiger partial charge in [0, 0.05) is 35.8 Å². The van der Waals surface area contributed by atoms with Gasteiger partial charge in [0.05, 0.1) is 0 Å². The molecule has 0 aliphatic carbocycles. The normalized spacial score (nSPS) is 16.1. The first-order chi connectivity index (χ1) is 15.1. The number of carbonyl (C=O) groups excluding carboxylic acids is 1. The first-order valence-corrected chi connectivity index (χ1v) is 10.7. The van der Waals surface area contributed by atoms with E-state index in [1.807, 2.05) is 47.4 Å². The maximum absolute atomic E-state index is 13.3. The topological polar surface area (TPSA) is 58.4 Å². The van der Waals surface area contributed by atoms with Crippen LogP contribution in [0, 0.1) is 6.92 Å². The number of oxazole rings is 1. The van der Waals surface area contributed by atoms with Crippen LogP contribution in [-0.2, 0) is 0 Å². The predicted molar refractivity (Wildman–Crippen MR) is 124 cm³/mol. The molecule has 31 heavy (non-hydrogen) atoms. The zero-order valence-corrected chi connectivity index (χ0v) is 17.9. The summed E-state index contributed by atoms with van der Waals surface area (Å²) in [4.78, 5) is 19.7. The fraction of sp³-hybridized carbons (Fsp3) is 0.200. The SMILES string of the molecule is Cc1cccc(-c2ccccc2C(=O)N2CCC(Nc3nc4ccc(Cl)cc4o3)C2)c1. The third-order valence-corrected chi connectivity index (χ3v) is 5.88. The Morgan fingerprint density at radius 3 is 2.87 bits per heavy atom. The van der Waals surface area contributed by atoms with Crippen molar-refractivity contribution < 1.29 is 9.21 Å². The lowest BCUT2D eigenvalue weighted by Crippen LogP contribution is -2.32. The zero-order valence-electron chi connectivity index (χ0n) is 17.1. The van der Waals surface area contributed by atoms with E-state index in [9.17, 15) is 4.79 Å². The Bertz CT molecular complexity index is 1270.